The highest BCUT2D eigenvalue weighted by atomic mass is 16.5. The number of unbranched alkanes of at least 4 members (excludes halogenated alkanes) is 16. The van der Waals surface area contributed by atoms with Gasteiger partial charge in [0, 0.05) is 25.2 Å². The third-order valence-corrected chi connectivity index (χ3v) is 8.82. The number of hydrogen-bond acceptors (Lipinski definition) is 4. The van der Waals surface area contributed by atoms with E-state index in [1.807, 2.05) is 0 Å². The smallest absolute Gasteiger partial charge is 0.102 e. The van der Waals surface area contributed by atoms with Crippen molar-refractivity contribution in [3.05, 3.63) is 0 Å². The molecule has 0 aliphatic rings. The van der Waals surface area contributed by atoms with E-state index in [1.165, 1.54) is 116 Å². The summed E-state index contributed by atoms with van der Waals surface area (Å²) in [6.07, 6.45) is 26.0. The monoisotopic (exact) mass is 645 g/mol. The van der Waals surface area contributed by atoms with Crippen LogP contribution < -0.4 is 0 Å². The number of likely N-dealkylation sites (N-methyl/N-ethyl adjacent to an activating group) is 2. The van der Waals surface area contributed by atoms with Gasteiger partial charge in [0.05, 0.1) is 75.3 Å². The van der Waals surface area contributed by atoms with E-state index < -0.39 is 0 Å². The maximum atomic E-state index is 6.44. The molecule has 0 amide bonds. The van der Waals surface area contributed by atoms with E-state index in [2.05, 4.69) is 56.1 Å². The van der Waals surface area contributed by atoms with Crippen LogP contribution in [0.3, 0.4) is 0 Å². The van der Waals surface area contributed by atoms with Crippen LogP contribution in [0, 0.1) is 5.41 Å². The molecule has 0 unspecified atom stereocenters. The first-order valence-corrected chi connectivity index (χ1v) is 19.5. The Hall–Kier alpha value is -0.240. The zero-order chi connectivity index (χ0) is 33.5. The van der Waals surface area contributed by atoms with Crippen molar-refractivity contribution >= 4 is 0 Å². The Kier molecular flexibility index (Phi) is 29.7. The predicted molar refractivity (Wildman–Crippen MR) is 195 cm³/mol. The summed E-state index contributed by atoms with van der Waals surface area (Å²) in [7, 11) is 13.4. The van der Waals surface area contributed by atoms with Crippen molar-refractivity contribution in [1.29, 1.82) is 0 Å². The standard InChI is InChI=1S/C39H84N2O4/c1-9-11-13-15-16-17-18-19-22-27-33-43-36-39(37-44-34-29-40(3,4)5,38-45-35-30-41(6,7)8)28-24-21-20-23-26-32-42-31-25-14-12-10-2/h9-38H2,1-8H3/q+2. The van der Waals surface area contributed by atoms with E-state index >= 15 is 0 Å². The van der Waals surface area contributed by atoms with Gasteiger partial charge in [-0.1, -0.05) is 117 Å². The average Bonchev–Trinajstić information content (AvgIpc) is 2.97. The fourth-order valence-corrected chi connectivity index (χ4v) is 5.54. The molecule has 6 heteroatoms. The van der Waals surface area contributed by atoms with Crippen LogP contribution in [0.15, 0.2) is 0 Å². The lowest BCUT2D eigenvalue weighted by Gasteiger charge is -2.34. The van der Waals surface area contributed by atoms with Crippen LogP contribution >= 0.6 is 0 Å². The van der Waals surface area contributed by atoms with E-state index in [0.29, 0.717) is 0 Å². The van der Waals surface area contributed by atoms with Crippen molar-refractivity contribution in [1.82, 2.24) is 0 Å². The zero-order valence-electron chi connectivity index (χ0n) is 32.2. The molecule has 0 aromatic heterocycles. The summed E-state index contributed by atoms with van der Waals surface area (Å²) in [5.41, 5.74) is -0.0736. The largest absolute Gasteiger partial charge is 0.381 e. The molecule has 45 heavy (non-hydrogen) atoms. The minimum absolute atomic E-state index is 0.0736. The number of nitrogens with zero attached hydrogens (tertiary/aromatic N) is 2. The lowest BCUT2D eigenvalue weighted by atomic mass is 9.84. The molecule has 0 rings (SSSR count). The van der Waals surface area contributed by atoms with Crippen LogP contribution in [-0.4, -0.2) is 117 Å². The van der Waals surface area contributed by atoms with Crippen molar-refractivity contribution in [2.24, 2.45) is 5.41 Å². The van der Waals surface area contributed by atoms with Gasteiger partial charge in [-0.05, 0) is 25.7 Å². The van der Waals surface area contributed by atoms with Crippen molar-refractivity contribution in [2.75, 3.05) is 108 Å². The summed E-state index contributed by atoms with van der Waals surface area (Å²) >= 11 is 0. The molecule has 0 atom stereocenters. The number of ether oxygens (including phenoxy) is 4. The van der Waals surface area contributed by atoms with Gasteiger partial charge in [0.1, 0.15) is 13.1 Å². The first-order chi connectivity index (χ1) is 21.5. The molecule has 0 bridgehead atoms. The second kappa shape index (κ2) is 29.9. The van der Waals surface area contributed by atoms with Crippen LogP contribution in [0.5, 0.6) is 0 Å². The van der Waals surface area contributed by atoms with E-state index in [4.69, 9.17) is 18.9 Å². The molecule has 272 valence electrons. The molecular weight excluding hydrogens is 560 g/mol. The number of rotatable bonds is 36. The Morgan fingerprint density at radius 3 is 1.07 bits per heavy atom. The maximum Gasteiger partial charge on any atom is 0.102 e. The second-order valence-electron chi connectivity index (χ2n) is 16.1. The third kappa shape index (κ3) is 33.5. The molecule has 0 spiro atoms. The van der Waals surface area contributed by atoms with Gasteiger partial charge >= 0.3 is 0 Å². The van der Waals surface area contributed by atoms with E-state index in [-0.39, 0.29) is 5.41 Å². The fraction of sp³-hybridized carbons (Fsp3) is 1.00. The van der Waals surface area contributed by atoms with Crippen LogP contribution in [0.25, 0.3) is 0 Å². The Morgan fingerprint density at radius 2 is 0.667 bits per heavy atom. The molecule has 0 fully saturated rings. The molecule has 0 radical (unpaired) electrons. The molecule has 0 N–H and O–H groups in total. The molecular formula is C39H84N2O4+2. The summed E-state index contributed by atoms with van der Waals surface area (Å²) in [5, 5.41) is 0. The van der Waals surface area contributed by atoms with Gasteiger partial charge in [-0.3, -0.25) is 0 Å². The number of hydrogen-bond donors (Lipinski definition) is 0. The van der Waals surface area contributed by atoms with Crippen LogP contribution in [0.2, 0.25) is 0 Å². The van der Waals surface area contributed by atoms with Gasteiger partial charge in [-0.2, -0.15) is 0 Å². The molecule has 6 nitrogen and oxygen atoms in total. The molecule has 0 aliphatic carbocycles. The fourth-order valence-electron chi connectivity index (χ4n) is 5.54. The summed E-state index contributed by atoms with van der Waals surface area (Å²) < 4.78 is 26.9. The van der Waals surface area contributed by atoms with Gasteiger partial charge < -0.3 is 27.9 Å². The van der Waals surface area contributed by atoms with Gasteiger partial charge in [-0.15, -0.1) is 0 Å². The van der Waals surface area contributed by atoms with Crippen molar-refractivity contribution in [3.63, 3.8) is 0 Å². The quantitative estimate of drug-likeness (QED) is 0.0503. The minimum Gasteiger partial charge on any atom is -0.381 e. The zero-order valence-corrected chi connectivity index (χ0v) is 32.2. The highest BCUT2D eigenvalue weighted by Gasteiger charge is 2.32. The first kappa shape index (κ1) is 44.8. The van der Waals surface area contributed by atoms with Crippen LogP contribution in [-0.2, 0) is 18.9 Å². The molecule has 0 saturated carbocycles. The second-order valence-corrected chi connectivity index (χ2v) is 16.1. The Morgan fingerprint density at radius 1 is 0.356 bits per heavy atom. The number of quaternary nitrogens is 2. The highest BCUT2D eigenvalue weighted by Crippen LogP contribution is 2.28. The maximum absolute atomic E-state index is 6.44. The van der Waals surface area contributed by atoms with Crippen molar-refractivity contribution in [3.8, 4) is 0 Å². The van der Waals surface area contributed by atoms with Gasteiger partial charge in [0.2, 0.25) is 0 Å². The summed E-state index contributed by atoms with van der Waals surface area (Å²) in [4.78, 5) is 0. The molecule has 0 aromatic carbocycles. The summed E-state index contributed by atoms with van der Waals surface area (Å²) in [6.45, 7) is 13.0. The highest BCUT2D eigenvalue weighted by molar-refractivity contribution is 4.80. The lowest BCUT2D eigenvalue weighted by molar-refractivity contribution is -0.870. The first-order valence-electron chi connectivity index (χ1n) is 19.5. The summed E-state index contributed by atoms with van der Waals surface area (Å²) in [6, 6.07) is 0. The normalized spacial score (nSPS) is 12.8. The predicted octanol–water partition coefficient (Wildman–Crippen LogP) is 9.29. The SMILES string of the molecule is CCCCCCCCCCCCOCC(CCCCCCCOCCCCCC)(COCC[N+](C)(C)C)COCC[N+](C)(C)C. The third-order valence-electron chi connectivity index (χ3n) is 8.82. The lowest BCUT2D eigenvalue weighted by Crippen LogP contribution is -2.42. The van der Waals surface area contributed by atoms with E-state index in [9.17, 15) is 0 Å². The van der Waals surface area contributed by atoms with Gasteiger partial charge in [-0.25, -0.2) is 0 Å². The van der Waals surface area contributed by atoms with Gasteiger partial charge in [0.15, 0.2) is 0 Å². The summed E-state index contributed by atoms with van der Waals surface area (Å²) in [5.74, 6) is 0. The topological polar surface area (TPSA) is 36.9 Å². The van der Waals surface area contributed by atoms with Gasteiger partial charge in [0.25, 0.3) is 0 Å². The van der Waals surface area contributed by atoms with Crippen LogP contribution in [0.4, 0.5) is 0 Å². The van der Waals surface area contributed by atoms with E-state index in [1.54, 1.807) is 0 Å². The average molecular weight is 645 g/mol. The van der Waals surface area contributed by atoms with E-state index in [0.717, 1.165) is 87.8 Å². The van der Waals surface area contributed by atoms with Crippen molar-refractivity contribution < 1.29 is 27.9 Å². The molecule has 0 saturated heterocycles. The molecule has 0 heterocycles. The Labute approximate surface area is 283 Å². The minimum atomic E-state index is -0.0736. The van der Waals surface area contributed by atoms with Crippen molar-refractivity contribution in [2.45, 2.75) is 142 Å². The Balaban J connectivity index is 4.76. The Bertz CT molecular complexity index is 551. The molecule has 0 aliphatic heterocycles. The van der Waals surface area contributed by atoms with Crippen LogP contribution in [0.1, 0.15) is 142 Å². The molecule has 0 aromatic rings.